The Morgan fingerprint density at radius 3 is 2.28 bits per heavy atom. The molecule has 0 saturated carbocycles. The molecule has 0 radical (unpaired) electrons. The van der Waals surface area contributed by atoms with Gasteiger partial charge in [0.05, 0.1) is 12.7 Å². The molecular weight excluding hydrogens is 224 g/mol. The van der Waals surface area contributed by atoms with E-state index >= 15 is 0 Å². The van der Waals surface area contributed by atoms with Crippen LogP contribution in [0, 0.1) is 11.8 Å². The summed E-state index contributed by atoms with van der Waals surface area (Å²) in [4.78, 5) is 2.62. The molecule has 108 valence electrons. The maximum absolute atomic E-state index is 5.71. The molecule has 18 heavy (non-hydrogen) atoms. The molecule has 2 unspecified atom stereocenters. The summed E-state index contributed by atoms with van der Waals surface area (Å²) < 4.78 is 5.71. The third-order valence-corrected chi connectivity index (χ3v) is 3.89. The molecule has 1 rings (SSSR count). The monoisotopic (exact) mass is 256 g/mol. The minimum atomic E-state index is 0.339. The lowest BCUT2D eigenvalue weighted by Gasteiger charge is -2.43. The van der Waals surface area contributed by atoms with Gasteiger partial charge in [0, 0.05) is 31.7 Å². The largest absolute Gasteiger partial charge is 0.377 e. The van der Waals surface area contributed by atoms with Crippen molar-refractivity contribution in [2.75, 3.05) is 26.2 Å². The Bertz CT molecular complexity index is 229. The molecule has 0 aromatic heterocycles. The third kappa shape index (κ3) is 4.87. The van der Waals surface area contributed by atoms with Crippen LogP contribution in [-0.4, -0.2) is 49.3 Å². The fourth-order valence-electron chi connectivity index (χ4n) is 2.62. The fourth-order valence-corrected chi connectivity index (χ4v) is 2.62. The SMILES string of the molecule is CC(C)OCCN1CC(C(C)C)NCC1C(C)C. The van der Waals surface area contributed by atoms with E-state index in [2.05, 4.69) is 51.8 Å². The smallest absolute Gasteiger partial charge is 0.0597 e. The Kier molecular flexibility index (Phi) is 6.61. The zero-order valence-corrected chi connectivity index (χ0v) is 13.1. The lowest BCUT2D eigenvalue weighted by molar-refractivity contribution is 0.0228. The average Bonchev–Trinajstić information content (AvgIpc) is 2.27. The highest BCUT2D eigenvalue weighted by Gasteiger charge is 2.30. The van der Waals surface area contributed by atoms with Crippen molar-refractivity contribution in [3.63, 3.8) is 0 Å². The van der Waals surface area contributed by atoms with Gasteiger partial charge in [0.1, 0.15) is 0 Å². The summed E-state index contributed by atoms with van der Waals surface area (Å²) in [5, 5.41) is 3.70. The van der Waals surface area contributed by atoms with Crippen LogP contribution < -0.4 is 5.32 Å². The summed E-state index contributed by atoms with van der Waals surface area (Å²) in [6, 6.07) is 1.27. The van der Waals surface area contributed by atoms with Crippen LogP contribution in [0.1, 0.15) is 41.5 Å². The van der Waals surface area contributed by atoms with Crippen molar-refractivity contribution < 1.29 is 4.74 Å². The highest BCUT2D eigenvalue weighted by Crippen LogP contribution is 2.18. The minimum Gasteiger partial charge on any atom is -0.377 e. The van der Waals surface area contributed by atoms with E-state index in [1.165, 1.54) is 0 Å². The van der Waals surface area contributed by atoms with E-state index in [4.69, 9.17) is 4.74 Å². The predicted molar refractivity (Wildman–Crippen MR) is 77.9 cm³/mol. The van der Waals surface area contributed by atoms with Crippen LogP contribution in [-0.2, 0) is 4.74 Å². The number of hydrogen-bond donors (Lipinski definition) is 1. The lowest BCUT2D eigenvalue weighted by Crippen LogP contribution is -2.60. The van der Waals surface area contributed by atoms with Gasteiger partial charge in [-0.3, -0.25) is 4.90 Å². The highest BCUT2D eigenvalue weighted by molar-refractivity contribution is 4.88. The van der Waals surface area contributed by atoms with Gasteiger partial charge in [-0.15, -0.1) is 0 Å². The Morgan fingerprint density at radius 1 is 1.11 bits per heavy atom. The van der Waals surface area contributed by atoms with E-state index in [9.17, 15) is 0 Å². The first kappa shape index (κ1) is 15.9. The first-order chi connectivity index (χ1) is 8.41. The molecule has 0 aromatic carbocycles. The van der Waals surface area contributed by atoms with Crippen LogP contribution in [0.25, 0.3) is 0 Å². The van der Waals surface area contributed by atoms with E-state index in [1.54, 1.807) is 0 Å². The first-order valence-corrected chi connectivity index (χ1v) is 7.50. The van der Waals surface area contributed by atoms with Crippen LogP contribution in [0.2, 0.25) is 0 Å². The molecular formula is C15H32N2O. The molecule has 1 N–H and O–H groups in total. The summed E-state index contributed by atoms with van der Waals surface area (Å²) in [5.74, 6) is 1.40. The second-order valence-electron chi connectivity index (χ2n) is 6.48. The fraction of sp³-hybridized carbons (Fsp3) is 1.00. The Morgan fingerprint density at radius 2 is 1.78 bits per heavy atom. The van der Waals surface area contributed by atoms with Crippen molar-refractivity contribution >= 4 is 0 Å². The predicted octanol–water partition coefficient (Wildman–Crippen LogP) is 2.37. The van der Waals surface area contributed by atoms with Gasteiger partial charge in [-0.25, -0.2) is 0 Å². The van der Waals surface area contributed by atoms with E-state index in [0.717, 1.165) is 26.2 Å². The highest BCUT2D eigenvalue weighted by atomic mass is 16.5. The number of nitrogens with one attached hydrogen (secondary N) is 1. The summed E-state index contributed by atoms with van der Waals surface area (Å²) in [5.41, 5.74) is 0. The summed E-state index contributed by atoms with van der Waals surface area (Å²) in [7, 11) is 0. The number of ether oxygens (including phenoxy) is 1. The number of piperazine rings is 1. The number of hydrogen-bond acceptors (Lipinski definition) is 3. The second-order valence-corrected chi connectivity index (χ2v) is 6.48. The van der Waals surface area contributed by atoms with Gasteiger partial charge in [0.15, 0.2) is 0 Å². The first-order valence-electron chi connectivity index (χ1n) is 7.50. The normalized spacial score (nSPS) is 26.5. The van der Waals surface area contributed by atoms with Crippen LogP contribution in [0.5, 0.6) is 0 Å². The van der Waals surface area contributed by atoms with Gasteiger partial charge in [-0.1, -0.05) is 27.7 Å². The zero-order chi connectivity index (χ0) is 13.7. The zero-order valence-electron chi connectivity index (χ0n) is 13.1. The summed E-state index contributed by atoms with van der Waals surface area (Å²) >= 11 is 0. The maximum atomic E-state index is 5.71. The molecule has 0 aliphatic carbocycles. The second kappa shape index (κ2) is 7.46. The van der Waals surface area contributed by atoms with E-state index in [-0.39, 0.29) is 0 Å². The van der Waals surface area contributed by atoms with E-state index < -0.39 is 0 Å². The molecule has 1 aliphatic rings. The molecule has 1 saturated heterocycles. The number of rotatable bonds is 6. The van der Waals surface area contributed by atoms with Gasteiger partial charge in [-0.2, -0.15) is 0 Å². The summed E-state index contributed by atoms with van der Waals surface area (Å²) in [6.45, 7) is 17.6. The quantitative estimate of drug-likeness (QED) is 0.789. The van der Waals surface area contributed by atoms with Crippen molar-refractivity contribution in [3.05, 3.63) is 0 Å². The lowest BCUT2D eigenvalue weighted by atomic mass is 9.94. The molecule has 3 nitrogen and oxygen atoms in total. The Labute approximate surface area is 113 Å². The molecule has 0 spiro atoms. The van der Waals surface area contributed by atoms with Crippen molar-refractivity contribution in [1.29, 1.82) is 0 Å². The van der Waals surface area contributed by atoms with Gasteiger partial charge >= 0.3 is 0 Å². The average molecular weight is 256 g/mol. The number of nitrogens with zero attached hydrogens (tertiary/aromatic N) is 1. The third-order valence-electron chi connectivity index (χ3n) is 3.89. The summed E-state index contributed by atoms with van der Waals surface area (Å²) in [6.07, 6.45) is 0.339. The van der Waals surface area contributed by atoms with Gasteiger partial charge in [0.25, 0.3) is 0 Å². The van der Waals surface area contributed by atoms with Gasteiger partial charge < -0.3 is 10.1 Å². The molecule has 2 atom stereocenters. The van der Waals surface area contributed by atoms with E-state index in [0.29, 0.717) is 30.0 Å². The topological polar surface area (TPSA) is 24.5 Å². The van der Waals surface area contributed by atoms with Crippen molar-refractivity contribution in [2.45, 2.75) is 59.7 Å². The Hall–Kier alpha value is -0.120. The molecule has 3 heteroatoms. The molecule has 1 fully saturated rings. The molecule has 1 aliphatic heterocycles. The molecule has 0 amide bonds. The van der Waals surface area contributed by atoms with E-state index in [1.807, 2.05) is 0 Å². The van der Waals surface area contributed by atoms with Crippen molar-refractivity contribution in [1.82, 2.24) is 10.2 Å². The Balaban J connectivity index is 2.49. The minimum absolute atomic E-state index is 0.339. The molecule has 1 heterocycles. The van der Waals surface area contributed by atoms with Crippen LogP contribution in [0.15, 0.2) is 0 Å². The molecule has 0 aromatic rings. The van der Waals surface area contributed by atoms with Crippen molar-refractivity contribution in [3.8, 4) is 0 Å². The standard InChI is InChI=1S/C15H32N2O/c1-11(2)14-10-17(7-8-18-13(5)6)15(9-16-14)12(3)4/h11-16H,7-10H2,1-6H3. The van der Waals surface area contributed by atoms with Gasteiger partial charge in [-0.05, 0) is 25.7 Å². The van der Waals surface area contributed by atoms with Gasteiger partial charge in [0.2, 0.25) is 0 Å². The molecule has 0 bridgehead atoms. The maximum Gasteiger partial charge on any atom is 0.0597 e. The van der Waals surface area contributed by atoms with Crippen LogP contribution in [0.4, 0.5) is 0 Å². The van der Waals surface area contributed by atoms with Crippen LogP contribution in [0.3, 0.4) is 0 Å². The van der Waals surface area contributed by atoms with Crippen LogP contribution >= 0.6 is 0 Å². The van der Waals surface area contributed by atoms with Crippen molar-refractivity contribution in [2.24, 2.45) is 11.8 Å².